The van der Waals surface area contributed by atoms with E-state index < -0.39 is 10.2 Å². The van der Waals surface area contributed by atoms with Gasteiger partial charge in [-0.2, -0.15) is 17.0 Å². The highest BCUT2D eigenvalue weighted by Crippen LogP contribution is 2.11. The van der Waals surface area contributed by atoms with E-state index in [1.54, 1.807) is 4.90 Å². The lowest BCUT2D eigenvalue weighted by atomic mass is 10.3. The predicted molar refractivity (Wildman–Crippen MR) is 72.1 cm³/mol. The lowest BCUT2D eigenvalue weighted by molar-refractivity contribution is 0.0689. The molecule has 0 unspecified atom stereocenters. The normalized spacial score (nSPS) is 17.4. The summed E-state index contributed by atoms with van der Waals surface area (Å²) < 4.78 is 26.5. The first-order chi connectivity index (χ1) is 9.43. The Balaban J connectivity index is 2.00. The summed E-state index contributed by atoms with van der Waals surface area (Å²) in [5, 5.41) is 0. The lowest BCUT2D eigenvalue weighted by Gasteiger charge is -2.34. The van der Waals surface area contributed by atoms with E-state index in [1.165, 1.54) is 41.3 Å². The van der Waals surface area contributed by atoms with Gasteiger partial charge in [-0.1, -0.05) is 0 Å². The molecule has 1 amide bonds. The van der Waals surface area contributed by atoms with Gasteiger partial charge in [0.25, 0.3) is 16.1 Å². The van der Waals surface area contributed by atoms with Gasteiger partial charge in [-0.25, -0.2) is 4.98 Å². The topological polar surface area (TPSA) is 86.7 Å². The third-order valence-corrected chi connectivity index (χ3v) is 5.04. The second-order valence-corrected chi connectivity index (χ2v) is 6.71. The van der Waals surface area contributed by atoms with Crippen LogP contribution in [0.2, 0.25) is 0 Å². The summed E-state index contributed by atoms with van der Waals surface area (Å²) >= 11 is 0. The molecule has 0 radical (unpaired) electrons. The number of hydrogen-bond donors (Lipinski definition) is 0. The summed E-state index contributed by atoms with van der Waals surface area (Å²) in [4.78, 5) is 21.5. The maximum Gasteiger partial charge on any atom is 0.281 e. The Labute approximate surface area is 118 Å². The molecule has 0 bridgehead atoms. The average Bonchev–Trinajstić information content (AvgIpc) is 2.47. The molecule has 0 N–H and O–H groups in total. The van der Waals surface area contributed by atoms with E-state index in [-0.39, 0.29) is 24.7 Å². The number of carbonyl (C=O) groups is 1. The van der Waals surface area contributed by atoms with Gasteiger partial charge in [-0.15, -0.1) is 0 Å². The zero-order valence-corrected chi connectivity index (χ0v) is 12.2. The molecule has 0 aliphatic carbocycles. The molecule has 20 heavy (non-hydrogen) atoms. The highest BCUT2D eigenvalue weighted by Gasteiger charge is 2.30. The van der Waals surface area contributed by atoms with Crippen molar-refractivity contribution in [1.82, 2.24) is 23.5 Å². The molecule has 1 aliphatic heterocycles. The maximum absolute atomic E-state index is 12.1. The number of carbonyl (C=O) groups excluding carboxylic acids is 1. The predicted octanol–water partition coefficient (Wildman–Crippen LogP) is -0.959. The van der Waals surface area contributed by atoms with E-state index >= 15 is 0 Å². The first-order valence-corrected chi connectivity index (χ1v) is 7.55. The van der Waals surface area contributed by atoms with Gasteiger partial charge in [0.2, 0.25) is 0 Å². The van der Waals surface area contributed by atoms with Crippen molar-refractivity contribution in [2.75, 3.05) is 40.3 Å². The summed E-state index contributed by atoms with van der Waals surface area (Å²) in [6.45, 7) is 1.27. The number of piperazine rings is 1. The van der Waals surface area contributed by atoms with Gasteiger partial charge in [-0.3, -0.25) is 9.78 Å². The molecule has 0 spiro atoms. The van der Waals surface area contributed by atoms with E-state index in [0.717, 1.165) is 0 Å². The lowest BCUT2D eigenvalue weighted by Crippen LogP contribution is -2.53. The van der Waals surface area contributed by atoms with Gasteiger partial charge in [-0.05, 0) is 0 Å². The molecule has 2 heterocycles. The summed E-state index contributed by atoms with van der Waals surface area (Å²) in [5.74, 6) is -0.222. The molecule has 110 valence electrons. The Morgan fingerprint density at radius 2 is 1.85 bits per heavy atom. The number of nitrogens with zero attached hydrogens (tertiary/aromatic N) is 5. The standard InChI is InChI=1S/C11H17N5O3S/c1-14(2)20(18,19)16-7-5-15(6-8-16)11(17)10-9-12-3-4-13-10/h3-4,9H,5-8H2,1-2H3. The van der Waals surface area contributed by atoms with Crippen molar-refractivity contribution >= 4 is 16.1 Å². The summed E-state index contributed by atoms with van der Waals surface area (Å²) in [5.41, 5.74) is 0.274. The Hall–Kier alpha value is -1.58. The summed E-state index contributed by atoms with van der Waals surface area (Å²) in [6.07, 6.45) is 4.36. The highest BCUT2D eigenvalue weighted by atomic mass is 32.2. The van der Waals surface area contributed by atoms with Crippen molar-refractivity contribution in [2.45, 2.75) is 0 Å². The van der Waals surface area contributed by atoms with Gasteiger partial charge < -0.3 is 4.90 Å². The molecule has 1 fully saturated rings. The van der Waals surface area contributed by atoms with E-state index in [9.17, 15) is 13.2 Å². The quantitative estimate of drug-likeness (QED) is 0.717. The van der Waals surface area contributed by atoms with Crippen molar-refractivity contribution in [3.63, 3.8) is 0 Å². The van der Waals surface area contributed by atoms with Crippen LogP contribution in [-0.4, -0.2) is 78.1 Å². The van der Waals surface area contributed by atoms with Gasteiger partial charge in [0.1, 0.15) is 5.69 Å². The first kappa shape index (κ1) is 14.8. The smallest absolute Gasteiger partial charge is 0.281 e. The highest BCUT2D eigenvalue weighted by molar-refractivity contribution is 7.86. The first-order valence-electron chi connectivity index (χ1n) is 6.16. The zero-order chi connectivity index (χ0) is 14.8. The number of aromatic nitrogens is 2. The summed E-state index contributed by atoms with van der Waals surface area (Å²) in [7, 11) is -0.428. The van der Waals surface area contributed by atoms with Crippen LogP contribution in [-0.2, 0) is 10.2 Å². The molecular formula is C11H17N5O3S. The molecule has 2 rings (SSSR count). The van der Waals surface area contributed by atoms with Crippen molar-refractivity contribution in [2.24, 2.45) is 0 Å². The molecule has 1 aromatic heterocycles. The molecule has 8 nitrogen and oxygen atoms in total. The fraction of sp³-hybridized carbons (Fsp3) is 0.545. The third-order valence-electron chi connectivity index (χ3n) is 3.10. The van der Waals surface area contributed by atoms with Crippen LogP contribution in [0.15, 0.2) is 18.6 Å². The fourth-order valence-corrected chi connectivity index (χ4v) is 3.01. The van der Waals surface area contributed by atoms with Crippen molar-refractivity contribution in [3.05, 3.63) is 24.3 Å². The Morgan fingerprint density at radius 3 is 2.35 bits per heavy atom. The molecule has 0 atom stereocenters. The van der Waals surface area contributed by atoms with Gasteiger partial charge >= 0.3 is 0 Å². The van der Waals surface area contributed by atoms with Crippen LogP contribution >= 0.6 is 0 Å². The minimum Gasteiger partial charge on any atom is -0.335 e. The number of amides is 1. The van der Waals surface area contributed by atoms with Crippen molar-refractivity contribution in [1.29, 1.82) is 0 Å². The van der Waals surface area contributed by atoms with E-state index in [2.05, 4.69) is 9.97 Å². The van der Waals surface area contributed by atoms with E-state index in [1.807, 2.05) is 0 Å². The summed E-state index contributed by atoms with van der Waals surface area (Å²) in [6, 6.07) is 0. The van der Waals surface area contributed by atoms with Crippen molar-refractivity contribution < 1.29 is 13.2 Å². The minimum absolute atomic E-state index is 0.222. The number of rotatable bonds is 3. The fourth-order valence-electron chi connectivity index (χ4n) is 1.92. The van der Waals surface area contributed by atoms with Crippen LogP contribution in [0.5, 0.6) is 0 Å². The molecule has 0 aromatic carbocycles. The molecule has 9 heteroatoms. The largest absolute Gasteiger partial charge is 0.335 e. The molecule has 0 saturated carbocycles. The van der Waals surface area contributed by atoms with Crippen LogP contribution in [0.4, 0.5) is 0 Å². The Kier molecular flexibility index (Phi) is 4.31. The molecule has 1 aromatic rings. The molecular weight excluding hydrogens is 282 g/mol. The Morgan fingerprint density at radius 1 is 1.20 bits per heavy atom. The van der Waals surface area contributed by atoms with Crippen molar-refractivity contribution in [3.8, 4) is 0 Å². The average molecular weight is 299 g/mol. The van der Waals surface area contributed by atoms with Gasteiger partial charge in [0.15, 0.2) is 0 Å². The van der Waals surface area contributed by atoms with Crippen LogP contribution in [0.25, 0.3) is 0 Å². The minimum atomic E-state index is -3.41. The second kappa shape index (κ2) is 5.81. The number of hydrogen-bond acceptors (Lipinski definition) is 5. The second-order valence-electron chi connectivity index (χ2n) is 4.57. The van der Waals surface area contributed by atoms with Crippen LogP contribution in [0, 0.1) is 0 Å². The maximum atomic E-state index is 12.1. The third kappa shape index (κ3) is 2.94. The SMILES string of the molecule is CN(C)S(=O)(=O)N1CCN(C(=O)c2cnccn2)CC1. The van der Waals surface area contributed by atoms with Gasteiger partial charge in [0, 0.05) is 52.7 Å². The van der Waals surface area contributed by atoms with Crippen LogP contribution in [0.1, 0.15) is 10.5 Å². The Bertz CT molecular complexity index is 567. The monoisotopic (exact) mass is 299 g/mol. The molecule has 1 saturated heterocycles. The van der Waals surface area contributed by atoms with E-state index in [0.29, 0.717) is 13.1 Å². The zero-order valence-electron chi connectivity index (χ0n) is 11.4. The molecule has 1 aliphatic rings. The van der Waals surface area contributed by atoms with Crippen LogP contribution < -0.4 is 0 Å². The van der Waals surface area contributed by atoms with E-state index in [4.69, 9.17) is 0 Å². The van der Waals surface area contributed by atoms with Crippen LogP contribution in [0.3, 0.4) is 0 Å². The van der Waals surface area contributed by atoms with Gasteiger partial charge in [0.05, 0.1) is 6.20 Å².